The highest BCUT2D eigenvalue weighted by molar-refractivity contribution is 5.74. The van der Waals surface area contributed by atoms with Crippen LogP contribution in [0.3, 0.4) is 0 Å². The number of aliphatic hydroxyl groups excluding tert-OH is 1. The maximum Gasteiger partial charge on any atom is 0.490 e. The van der Waals surface area contributed by atoms with Crippen LogP contribution in [0.25, 0.3) is 0 Å². The molecule has 4 N–H and O–H groups in total. The van der Waals surface area contributed by atoms with Gasteiger partial charge < -0.3 is 20.6 Å². The van der Waals surface area contributed by atoms with Crippen molar-refractivity contribution in [1.29, 1.82) is 0 Å². The monoisotopic (exact) mass is 245 g/mol. The van der Waals surface area contributed by atoms with Crippen LogP contribution < -0.4 is 5.32 Å². The van der Waals surface area contributed by atoms with E-state index in [0.29, 0.717) is 13.0 Å². The van der Waals surface area contributed by atoms with Gasteiger partial charge in [-0.05, 0) is 0 Å². The first-order valence-corrected chi connectivity index (χ1v) is 4.09. The van der Waals surface area contributed by atoms with Crippen molar-refractivity contribution in [2.24, 2.45) is 0 Å². The van der Waals surface area contributed by atoms with E-state index in [1.54, 1.807) is 0 Å². The van der Waals surface area contributed by atoms with Crippen molar-refractivity contribution in [3.63, 3.8) is 0 Å². The van der Waals surface area contributed by atoms with Crippen LogP contribution in [0.5, 0.6) is 0 Å². The molecule has 0 radical (unpaired) electrons. The van der Waals surface area contributed by atoms with E-state index < -0.39 is 30.3 Å². The lowest BCUT2D eigenvalue weighted by atomic mass is 10.2. The van der Waals surface area contributed by atoms with Gasteiger partial charge in [-0.3, -0.25) is 4.79 Å². The summed E-state index contributed by atoms with van der Waals surface area (Å²) in [4.78, 5) is 19.1. The van der Waals surface area contributed by atoms with Crippen molar-refractivity contribution in [2.45, 2.75) is 24.7 Å². The molecule has 1 fully saturated rings. The van der Waals surface area contributed by atoms with Gasteiger partial charge in [0.05, 0.1) is 6.10 Å². The fraction of sp³-hybridized carbons (Fsp3) is 0.714. The molecule has 9 heteroatoms. The lowest BCUT2D eigenvalue weighted by molar-refractivity contribution is -0.192. The summed E-state index contributed by atoms with van der Waals surface area (Å²) >= 11 is 0. The third kappa shape index (κ3) is 5.51. The molecule has 0 saturated carbocycles. The molecular weight excluding hydrogens is 235 g/mol. The minimum atomic E-state index is -5.08. The summed E-state index contributed by atoms with van der Waals surface area (Å²) in [5.74, 6) is -3.64. The van der Waals surface area contributed by atoms with E-state index in [-0.39, 0.29) is 0 Å². The van der Waals surface area contributed by atoms with Gasteiger partial charge in [-0.2, -0.15) is 13.2 Å². The first-order valence-electron chi connectivity index (χ1n) is 4.09. The Morgan fingerprint density at radius 3 is 1.81 bits per heavy atom. The second-order valence-corrected chi connectivity index (χ2v) is 2.99. The second kappa shape index (κ2) is 5.66. The van der Waals surface area contributed by atoms with Gasteiger partial charge in [-0.25, -0.2) is 4.79 Å². The SMILES string of the molecule is O=C(O)C(F)(F)F.O=C(O)C1CC(O)CN1. The van der Waals surface area contributed by atoms with Crippen LogP contribution >= 0.6 is 0 Å². The third-order valence-corrected chi connectivity index (χ3v) is 1.65. The number of halogens is 3. The molecule has 0 spiro atoms. The third-order valence-electron chi connectivity index (χ3n) is 1.65. The number of nitrogens with one attached hydrogen (secondary N) is 1. The predicted octanol–water partition coefficient (Wildman–Crippen LogP) is -0.573. The van der Waals surface area contributed by atoms with Gasteiger partial charge in [0.15, 0.2) is 0 Å². The minimum Gasteiger partial charge on any atom is -0.480 e. The zero-order chi connectivity index (χ0) is 12.9. The van der Waals surface area contributed by atoms with Gasteiger partial charge >= 0.3 is 18.1 Å². The summed E-state index contributed by atoms with van der Waals surface area (Å²) < 4.78 is 31.7. The Labute approximate surface area is 87.7 Å². The number of β-amino-alcohol motifs (C(OH)–C–C–N with tert-alkyl or cyclic N) is 1. The molecule has 0 amide bonds. The minimum absolute atomic E-state index is 0.329. The molecular formula is C7H10F3NO5. The van der Waals surface area contributed by atoms with Crippen LogP contribution in [0, 0.1) is 0 Å². The van der Waals surface area contributed by atoms with E-state index in [1.807, 2.05) is 0 Å². The molecule has 1 rings (SSSR count). The number of aliphatic hydroxyl groups is 1. The van der Waals surface area contributed by atoms with Gasteiger partial charge in [-0.1, -0.05) is 0 Å². The van der Waals surface area contributed by atoms with Gasteiger partial charge in [0, 0.05) is 13.0 Å². The number of carbonyl (C=O) groups is 2. The summed E-state index contributed by atoms with van der Waals surface area (Å²) in [6, 6.07) is -0.542. The molecule has 16 heavy (non-hydrogen) atoms. The van der Waals surface area contributed by atoms with Gasteiger partial charge in [-0.15, -0.1) is 0 Å². The average Bonchev–Trinajstić information content (AvgIpc) is 2.51. The highest BCUT2D eigenvalue weighted by atomic mass is 19.4. The molecule has 6 nitrogen and oxygen atoms in total. The van der Waals surface area contributed by atoms with E-state index >= 15 is 0 Å². The normalized spacial score (nSPS) is 24.5. The van der Waals surface area contributed by atoms with Crippen LogP contribution in [-0.2, 0) is 9.59 Å². The van der Waals surface area contributed by atoms with Crippen molar-refractivity contribution in [1.82, 2.24) is 5.32 Å². The van der Waals surface area contributed by atoms with Crippen molar-refractivity contribution in [3.05, 3.63) is 0 Å². The Kier molecular flexibility index (Phi) is 5.18. The van der Waals surface area contributed by atoms with E-state index in [0.717, 1.165) is 0 Å². The zero-order valence-corrected chi connectivity index (χ0v) is 7.86. The Balaban J connectivity index is 0.000000293. The summed E-state index contributed by atoms with van der Waals surface area (Å²) in [5, 5.41) is 27.0. The molecule has 0 aromatic rings. The van der Waals surface area contributed by atoms with E-state index in [2.05, 4.69) is 5.32 Å². The van der Waals surface area contributed by atoms with Crippen LogP contribution in [0.4, 0.5) is 13.2 Å². The fourth-order valence-electron chi connectivity index (χ4n) is 0.905. The summed E-state index contributed by atoms with van der Waals surface area (Å²) in [6.45, 7) is 0.400. The lowest BCUT2D eigenvalue weighted by Crippen LogP contribution is -2.29. The van der Waals surface area contributed by atoms with E-state index in [4.69, 9.17) is 20.1 Å². The molecule has 94 valence electrons. The van der Waals surface area contributed by atoms with E-state index in [9.17, 15) is 18.0 Å². The Morgan fingerprint density at radius 2 is 1.69 bits per heavy atom. The molecule has 1 aliphatic heterocycles. The summed E-state index contributed by atoms with van der Waals surface area (Å²) in [7, 11) is 0. The molecule has 0 aliphatic carbocycles. The van der Waals surface area contributed by atoms with Crippen LogP contribution in [0.15, 0.2) is 0 Å². The highest BCUT2D eigenvalue weighted by Gasteiger charge is 2.38. The molecule has 2 unspecified atom stereocenters. The van der Waals surface area contributed by atoms with Crippen LogP contribution in [0.1, 0.15) is 6.42 Å². The molecule has 0 aromatic carbocycles. The Bertz CT molecular complexity index is 267. The molecule has 1 heterocycles. The van der Waals surface area contributed by atoms with Crippen molar-refractivity contribution >= 4 is 11.9 Å². The van der Waals surface area contributed by atoms with Crippen molar-refractivity contribution in [2.75, 3.05) is 6.54 Å². The summed E-state index contributed by atoms with van der Waals surface area (Å²) in [6.07, 6.45) is -5.24. The quantitative estimate of drug-likeness (QED) is 0.492. The highest BCUT2D eigenvalue weighted by Crippen LogP contribution is 2.13. The summed E-state index contributed by atoms with van der Waals surface area (Å²) in [5.41, 5.74) is 0. The largest absolute Gasteiger partial charge is 0.490 e. The molecule has 0 bridgehead atoms. The van der Waals surface area contributed by atoms with Crippen LogP contribution in [0.2, 0.25) is 0 Å². The Morgan fingerprint density at radius 1 is 1.25 bits per heavy atom. The molecule has 1 saturated heterocycles. The number of carboxylic acid groups (broad SMARTS) is 2. The Hall–Kier alpha value is -1.35. The van der Waals surface area contributed by atoms with Crippen molar-refractivity contribution in [3.8, 4) is 0 Å². The number of hydrogen-bond acceptors (Lipinski definition) is 4. The van der Waals surface area contributed by atoms with Gasteiger partial charge in [0.1, 0.15) is 6.04 Å². The first kappa shape index (κ1) is 14.6. The maximum atomic E-state index is 10.6. The number of hydrogen-bond donors (Lipinski definition) is 4. The van der Waals surface area contributed by atoms with E-state index in [1.165, 1.54) is 0 Å². The number of carboxylic acids is 2. The second-order valence-electron chi connectivity index (χ2n) is 2.99. The predicted molar refractivity (Wildman–Crippen MR) is 43.7 cm³/mol. The zero-order valence-electron chi connectivity index (χ0n) is 7.86. The molecule has 0 aromatic heterocycles. The average molecular weight is 245 g/mol. The maximum absolute atomic E-state index is 10.6. The molecule has 2 atom stereocenters. The van der Waals surface area contributed by atoms with Crippen LogP contribution in [-0.4, -0.2) is 52.1 Å². The topological polar surface area (TPSA) is 107 Å². The van der Waals surface area contributed by atoms with Gasteiger partial charge in [0.2, 0.25) is 0 Å². The lowest BCUT2D eigenvalue weighted by Gasteiger charge is -1.99. The smallest absolute Gasteiger partial charge is 0.480 e. The number of rotatable bonds is 1. The number of alkyl halides is 3. The first-order chi connectivity index (χ1) is 7.14. The fourth-order valence-corrected chi connectivity index (χ4v) is 0.905. The van der Waals surface area contributed by atoms with Crippen molar-refractivity contribution < 1.29 is 38.1 Å². The van der Waals surface area contributed by atoms with Gasteiger partial charge in [0.25, 0.3) is 0 Å². The molecule has 1 aliphatic rings. The standard InChI is InChI=1S/C5H9NO3.C2HF3O2/c7-3-1-4(5(8)9)6-2-3;3-2(4,5)1(6)7/h3-4,6-7H,1-2H2,(H,8,9);(H,6,7). The number of aliphatic carboxylic acids is 2.